The molecule has 3 aliphatic heterocycles. The van der Waals surface area contributed by atoms with E-state index in [0.717, 1.165) is 44.3 Å². The molecule has 4 heterocycles. The molecule has 3 aromatic rings. The molecule has 0 radical (unpaired) electrons. The normalized spacial score (nSPS) is 22.7. The van der Waals surface area contributed by atoms with Crippen LogP contribution >= 0.6 is 23.2 Å². The first-order valence-electron chi connectivity index (χ1n) is 10.1. The summed E-state index contributed by atoms with van der Waals surface area (Å²) >= 11 is 12.6. The number of aromatic nitrogens is 2. The second-order valence-electron chi connectivity index (χ2n) is 8.37. The smallest absolute Gasteiger partial charge is 0.178 e. The number of hydrogen-bond donors (Lipinski definition) is 0. The van der Waals surface area contributed by atoms with Gasteiger partial charge in [-0.15, -0.1) is 0 Å². The first-order chi connectivity index (χ1) is 14.8. The van der Waals surface area contributed by atoms with Gasteiger partial charge in [-0.1, -0.05) is 41.4 Å². The van der Waals surface area contributed by atoms with Crippen molar-refractivity contribution in [3.8, 4) is 11.4 Å². The molecule has 3 aliphatic rings. The molecule has 160 valence electrons. The molecule has 6 rings (SSSR count). The molecular weight excluding hydrogens is 453 g/mol. The van der Waals surface area contributed by atoms with Crippen LogP contribution in [0.2, 0.25) is 10.0 Å². The second-order valence-corrected chi connectivity index (χ2v) is 11.2. The van der Waals surface area contributed by atoms with Gasteiger partial charge in [0, 0.05) is 36.2 Å². The van der Waals surface area contributed by atoms with Gasteiger partial charge >= 0.3 is 0 Å². The molecule has 0 unspecified atom stereocenters. The SMILES string of the molecule is CS(=O)(=O)c1cnc(-c2ccc3c(c2)CN2CCC3(c3ccc(Cl)c(Cl)c3)CC2)nc1. The lowest BCUT2D eigenvalue weighted by atomic mass is 9.68. The predicted molar refractivity (Wildman–Crippen MR) is 122 cm³/mol. The van der Waals surface area contributed by atoms with Crippen LogP contribution in [-0.2, 0) is 21.8 Å². The second kappa shape index (κ2) is 7.55. The fraction of sp³-hybridized carbons (Fsp3) is 0.304. The Morgan fingerprint density at radius 1 is 0.968 bits per heavy atom. The minimum Gasteiger partial charge on any atom is -0.299 e. The number of sulfone groups is 1. The summed E-state index contributed by atoms with van der Waals surface area (Å²) in [5.74, 6) is 0.519. The van der Waals surface area contributed by atoms with Crippen molar-refractivity contribution in [2.24, 2.45) is 0 Å². The first kappa shape index (κ1) is 20.9. The highest BCUT2D eigenvalue weighted by atomic mass is 35.5. The molecule has 2 bridgehead atoms. The third kappa shape index (κ3) is 3.65. The fourth-order valence-corrected chi connectivity index (χ4v) is 5.61. The van der Waals surface area contributed by atoms with Gasteiger partial charge in [0.05, 0.1) is 10.0 Å². The Kier molecular flexibility index (Phi) is 5.09. The molecule has 0 atom stereocenters. The van der Waals surface area contributed by atoms with Crippen molar-refractivity contribution >= 4 is 33.0 Å². The standard InChI is InChI=1S/C23H21Cl2N3O2S/c1-31(29,30)18-12-26-22(27-13-18)15-2-4-19-16(10-15)14-28-8-6-23(19,7-9-28)17-3-5-20(24)21(25)11-17/h2-5,10-13H,6-9,14H2,1H3. The summed E-state index contributed by atoms with van der Waals surface area (Å²) in [5.41, 5.74) is 4.53. The average molecular weight is 474 g/mol. The predicted octanol–water partition coefficient (Wildman–Crippen LogP) is 4.75. The highest BCUT2D eigenvalue weighted by molar-refractivity contribution is 7.90. The lowest BCUT2D eigenvalue weighted by Crippen LogP contribution is -2.39. The van der Waals surface area contributed by atoms with Crippen LogP contribution in [0.5, 0.6) is 0 Å². The quantitative estimate of drug-likeness (QED) is 0.548. The molecule has 1 aromatic heterocycles. The summed E-state index contributed by atoms with van der Waals surface area (Å²) in [6, 6.07) is 12.3. The molecule has 1 saturated heterocycles. The van der Waals surface area contributed by atoms with Gasteiger partial charge < -0.3 is 0 Å². The summed E-state index contributed by atoms with van der Waals surface area (Å²) in [5, 5.41) is 1.15. The van der Waals surface area contributed by atoms with Gasteiger partial charge in [0.2, 0.25) is 0 Å². The van der Waals surface area contributed by atoms with E-state index < -0.39 is 9.84 Å². The summed E-state index contributed by atoms with van der Waals surface area (Å²) in [6.07, 6.45) is 5.94. The number of halogens is 2. The first-order valence-corrected chi connectivity index (χ1v) is 12.7. The highest BCUT2D eigenvalue weighted by Crippen LogP contribution is 2.47. The van der Waals surface area contributed by atoms with E-state index in [4.69, 9.17) is 23.2 Å². The van der Waals surface area contributed by atoms with Crippen molar-refractivity contribution in [2.45, 2.75) is 29.7 Å². The number of nitrogens with zero attached hydrogens (tertiary/aromatic N) is 3. The maximum absolute atomic E-state index is 11.7. The third-order valence-electron chi connectivity index (χ3n) is 6.51. The zero-order valence-electron chi connectivity index (χ0n) is 17.0. The van der Waals surface area contributed by atoms with Crippen molar-refractivity contribution in [3.05, 3.63) is 75.5 Å². The van der Waals surface area contributed by atoms with Gasteiger partial charge in [-0.3, -0.25) is 4.90 Å². The summed E-state index contributed by atoms with van der Waals surface area (Å²) < 4.78 is 23.4. The van der Waals surface area contributed by atoms with Gasteiger partial charge in [0.15, 0.2) is 15.7 Å². The van der Waals surface area contributed by atoms with Crippen molar-refractivity contribution in [2.75, 3.05) is 19.3 Å². The zero-order valence-corrected chi connectivity index (χ0v) is 19.3. The molecule has 1 fully saturated rings. The van der Waals surface area contributed by atoms with E-state index in [0.29, 0.717) is 15.9 Å². The van der Waals surface area contributed by atoms with Crippen molar-refractivity contribution < 1.29 is 8.42 Å². The monoisotopic (exact) mass is 473 g/mol. The number of hydrogen-bond acceptors (Lipinski definition) is 5. The van der Waals surface area contributed by atoms with Gasteiger partial charge in [-0.25, -0.2) is 18.4 Å². The van der Waals surface area contributed by atoms with Crippen LogP contribution in [0.1, 0.15) is 29.5 Å². The van der Waals surface area contributed by atoms with Gasteiger partial charge in [-0.05, 0) is 60.8 Å². The molecule has 0 N–H and O–H groups in total. The minimum atomic E-state index is -3.32. The number of benzene rings is 2. The highest BCUT2D eigenvalue weighted by Gasteiger charge is 2.42. The zero-order chi connectivity index (χ0) is 21.8. The Bertz CT molecular complexity index is 1270. The van der Waals surface area contributed by atoms with E-state index >= 15 is 0 Å². The van der Waals surface area contributed by atoms with Crippen LogP contribution in [-0.4, -0.2) is 42.6 Å². The lowest BCUT2D eigenvalue weighted by molar-refractivity contribution is 0.190. The lowest BCUT2D eigenvalue weighted by Gasteiger charge is -2.39. The van der Waals surface area contributed by atoms with Crippen molar-refractivity contribution in [1.82, 2.24) is 14.9 Å². The molecule has 5 nitrogen and oxygen atoms in total. The van der Waals surface area contributed by atoms with E-state index in [1.807, 2.05) is 18.2 Å². The molecule has 0 aliphatic carbocycles. The van der Waals surface area contributed by atoms with Crippen LogP contribution in [0.25, 0.3) is 11.4 Å². The Morgan fingerprint density at radius 3 is 2.32 bits per heavy atom. The molecular formula is C23H21Cl2N3O2S. The van der Waals surface area contributed by atoms with Crippen LogP contribution in [0.3, 0.4) is 0 Å². The topological polar surface area (TPSA) is 63.2 Å². The van der Waals surface area contributed by atoms with Crippen molar-refractivity contribution in [3.63, 3.8) is 0 Å². The van der Waals surface area contributed by atoms with E-state index in [-0.39, 0.29) is 10.3 Å². The molecule has 0 spiro atoms. The van der Waals surface area contributed by atoms with Crippen molar-refractivity contribution in [1.29, 1.82) is 0 Å². The summed E-state index contributed by atoms with van der Waals surface area (Å²) in [6.45, 7) is 2.90. The van der Waals surface area contributed by atoms with Crippen LogP contribution in [0.4, 0.5) is 0 Å². The van der Waals surface area contributed by atoms with E-state index in [1.165, 1.54) is 29.1 Å². The van der Waals surface area contributed by atoms with Gasteiger partial charge in [0.1, 0.15) is 4.90 Å². The van der Waals surface area contributed by atoms with E-state index in [9.17, 15) is 8.42 Å². The maximum Gasteiger partial charge on any atom is 0.178 e. The Hall–Kier alpha value is -1.99. The maximum atomic E-state index is 11.7. The Labute approximate surface area is 192 Å². The Balaban J connectivity index is 1.60. The molecule has 8 heteroatoms. The number of rotatable bonds is 3. The summed E-state index contributed by atoms with van der Waals surface area (Å²) in [7, 11) is -3.32. The molecule has 0 amide bonds. The average Bonchev–Trinajstić information content (AvgIpc) is 3.01. The van der Waals surface area contributed by atoms with Crippen LogP contribution < -0.4 is 0 Å². The van der Waals surface area contributed by atoms with Gasteiger partial charge in [0.25, 0.3) is 0 Å². The molecule has 2 aromatic carbocycles. The third-order valence-corrected chi connectivity index (χ3v) is 8.32. The van der Waals surface area contributed by atoms with Crippen LogP contribution in [0, 0.1) is 0 Å². The number of fused-ring (bicyclic) bond motifs is 2. The number of piperidine rings is 1. The minimum absolute atomic E-state index is 0.101. The fourth-order valence-electron chi connectivity index (χ4n) is 4.83. The van der Waals surface area contributed by atoms with E-state index in [2.05, 4.69) is 33.1 Å². The summed E-state index contributed by atoms with van der Waals surface area (Å²) in [4.78, 5) is 11.2. The van der Waals surface area contributed by atoms with E-state index in [1.54, 1.807) is 0 Å². The van der Waals surface area contributed by atoms with Gasteiger partial charge in [-0.2, -0.15) is 0 Å². The Morgan fingerprint density at radius 2 is 1.68 bits per heavy atom. The molecule has 0 saturated carbocycles. The van der Waals surface area contributed by atoms with Crippen LogP contribution in [0.15, 0.2) is 53.7 Å². The largest absolute Gasteiger partial charge is 0.299 e. The molecule has 31 heavy (non-hydrogen) atoms.